The minimum absolute atomic E-state index is 0.400. The summed E-state index contributed by atoms with van der Waals surface area (Å²) in [4.78, 5) is 10.1. The Morgan fingerprint density at radius 3 is 2.56 bits per heavy atom. The normalized spacial score (nSPS) is 17.1. The second-order valence-electron chi connectivity index (χ2n) is 1.93. The fourth-order valence-electron chi connectivity index (χ4n) is 0.767. The van der Waals surface area contributed by atoms with Gasteiger partial charge in [-0.1, -0.05) is 18.2 Å². The van der Waals surface area contributed by atoms with Crippen molar-refractivity contribution in [2.75, 3.05) is 0 Å². The van der Waals surface area contributed by atoms with E-state index >= 15 is 0 Å². The first-order valence-corrected chi connectivity index (χ1v) is 2.86. The Kier molecular flexibility index (Phi) is 1.68. The number of carbonyl (C=O) groups is 1. The van der Waals surface area contributed by atoms with Crippen molar-refractivity contribution in [3.63, 3.8) is 0 Å². The van der Waals surface area contributed by atoms with Gasteiger partial charge < -0.3 is 0 Å². The molecule has 0 aromatic heterocycles. The van der Waals surface area contributed by atoms with Gasteiger partial charge >= 0.3 is 5.97 Å². The molecule has 1 aliphatic carbocycles. The summed E-state index contributed by atoms with van der Waals surface area (Å²) < 4.78 is 0. The Balaban J connectivity index is 2.61. The van der Waals surface area contributed by atoms with Gasteiger partial charge in [-0.15, -0.1) is 0 Å². The Bertz CT molecular complexity index is 177. The van der Waals surface area contributed by atoms with Crippen molar-refractivity contribution in [3.8, 4) is 0 Å². The Morgan fingerprint density at radius 1 is 1.44 bits per heavy atom. The standard InChI is InChI=1S/C7H7O2/c8-7(9)6-4-2-1-3-5-6/h1-2,5H,3-4H2. The first-order chi connectivity index (χ1) is 4.30. The Morgan fingerprint density at radius 2 is 2.22 bits per heavy atom. The molecule has 0 heterocycles. The molecule has 0 fully saturated rings. The van der Waals surface area contributed by atoms with Crippen LogP contribution in [0.1, 0.15) is 12.8 Å². The molecule has 0 bridgehead atoms. The van der Waals surface area contributed by atoms with Crippen molar-refractivity contribution in [3.05, 3.63) is 23.8 Å². The highest BCUT2D eigenvalue weighted by Gasteiger charge is 2.07. The van der Waals surface area contributed by atoms with Crippen LogP contribution >= 0.6 is 0 Å². The second-order valence-corrected chi connectivity index (χ2v) is 1.93. The lowest BCUT2D eigenvalue weighted by molar-refractivity contribution is -0.138. The fourth-order valence-corrected chi connectivity index (χ4v) is 0.767. The van der Waals surface area contributed by atoms with Crippen molar-refractivity contribution in [1.29, 1.82) is 0 Å². The van der Waals surface area contributed by atoms with Crippen LogP contribution in [0.4, 0.5) is 0 Å². The van der Waals surface area contributed by atoms with Crippen LogP contribution in [0.2, 0.25) is 0 Å². The fraction of sp³-hybridized carbons (Fsp3) is 0.286. The molecular formula is C7H7O2. The molecule has 0 saturated carbocycles. The highest BCUT2D eigenvalue weighted by atomic mass is 16.4. The third kappa shape index (κ3) is 1.42. The monoisotopic (exact) mass is 123 g/mol. The van der Waals surface area contributed by atoms with Crippen molar-refractivity contribution in [1.82, 2.24) is 0 Å². The summed E-state index contributed by atoms with van der Waals surface area (Å²) in [7, 11) is 0. The summed E-state index contributed by atoms with van der Waals surface area (Å²) in [5.41, 5.74) is 0.400. The van der Waals surface area contributed by atoms with E-state index in [2.05, 4.69) is 0 Å². The number of hydrogen-bond acceptors (Lipinski definition) is 1. The average molecular weight is 123 g/mol. The molecule has 47 valence electrons. The van der Waals surface area contributed by atoms with Crippen molar-refractivity contribution in [2.45, 2.75) is 12.8 Å². The van der Waals surface area contributed by atoms with Crippen LogP contribution < -0.4 is 0 Å². The number of carbonyl (C=O) groups excluding carboxylic acids is 1. The van der Waals surface area contributed by atoms with Gasteiger partial charge in [0.1, 0.15) is 0 Å². The molecule has 1 radical (unpaired) electrons. The lowest BCUT2D eigenvalue weighted by Gasteiger charge is -1.98. The van der Waals surface area contributed by atoms with Gasteiger partial charge in [0.15, 0.2) is 0 Å². The van der Waals surface area contributed by atoms with Crippen molar-refractivity contribution in [2.24, 2.45) is 0 Å². The summed E-state index contributed by atoms with van der Waals surface area (Å²) in [6, 6.07) is 0. The van der Waals surface area contributed by atoms with E-state index in [4.69, 9.17) is 0 Å². The molecule has 0 amide bonds. The van der Waals surface area contributed by atoms with E-state index in [0.29, 0.717) is 12.0 Å². The molecule has 2 heteroatoms. The maximum atomic E-state index is 10.1. The molecular weight excluding hydrogens is 116 g/mol. The van der Waals surface area contributed by atoms with E-state index in [9.17, 15) is 9.90 Å². The highest BCUT2D eigenvalue weighted by molar-refractivity contribution is 5.86. The minimum Gasteiger partial charge on any atom is -0.242 e. The van der Waals surface area contributed by atoms with Crippen LogP contribution in [-0.2, 0) is 9.90 Å². The highest BCUT2D eigenvalue weighted by Crippen LogP contribution is 2.10. The first kappa shape index (κ1) is 6.08. The largest absolute Gasteiger partial charge is 0.382 e. The van der Waals surface area contributed by atoms with E-state index in [1.54, 1.807) is 6.08 Å². The predicted octanol–water partition coefficient (Wildman–Crippen LogP) is 1.22. The molecule has 1 rings (SSSR count). The molecule has 0 spiro atoms. The van der Waals surface area contributed by atoms with Crippen molar-refractivity contribution >= 4 is 5.97 Å². The summed E-state index contributed by atoms with van der Waals surface area (Å²) >= 11 is 0. The van der Waals surface area contributed by atoms with Crippen LogP contribution in [0.15, 0.2) is 23.8 Å². The quantitative estimate of drug-likeness (QED) is 0.483. The molecule has 0 aromatic carbocycles. The van der Waals surface area contributed by atoms with E-state index in [1.165, 1.54) is 0 Å². The number of allylic oxidation sites excluding steroid dienone is 3. The zero-order valence-electron chi connectivity index (χ0n) is 4.96. The van der Waals surface area contributed by atoms with E-state index < -0.39 is 5.97 Å². The van der Waals surface area contributed by atoms with Crippen LogP contribution in [-0.4, -0.2) is 5.97 Å². The average Bonchev–Trinajstić information content (AvgIpc) is 1.90. The maximum absolute atomic E-state index is 10.1. The zero-order valence-corrected chi connectivity index (χ0v) is 4.96. The Hall–Kier alpha value is -1.05. The summed E-state index contributed by atoms with van der Waals surface area (Å²) in [5.74, 6) is -1.04. The molecule has 0 unspecified atom stereocenters. The summed E-state index contributed by atoms with van der Waals surface area (Å²) in [6.45, 7) is 0. The molecule has 0 atom stereocenters. The van der Waals surface area contributed by atoms with Gasteiger partial charge in [0, 0.05) is 5.57 Å². The lowest BCUT2D eigenvalue weighted by Crippen LogP contribution is -1.98. The third-order valence-electron chi connectivity index (χ3n) is 1.27. The number of rotatable bonds is 1. The third-order valence-corrected chi connectivity index (χ3v) is 1.27. The first-order valence-electron chi connectivity index (χ1n) is 2.86. The summed E-state index contributed by atoms with van der Waals surface area (Å²) in [5, 5.41) is 10.1. The van der Waals surface area contributed by atoms with Gasteiger partial charge in [0.25, 0.3) is 0 Å². The molecule has 9 heavy (non-hydrogen) atoms. The van der Waals surface area contributed by atoms with Gasteiger partial charge in [-0.2, -0.15) is 0 Å². The molecule has 0 N–H and O–H groups in total. The van der Waals surface area contributed by atoms with Gasteiger partial charge in [-0.25, -0.2) is 9.90 Å². The van der Waals surface area contributed by atoms with Crippen LogP contribution in [0, 0.1) is 0 Å². The topological polar surface area (TPSA) is 37.0 Å². The molecule has 2 nitrogen and oxygen atoms in total. The maximum Gasteiger partial charge on any atom is 0.382 e. The van der Waals surface area contributed by atoms with Gasteiger partial charge in [0.2, 0.25) is 0 Å². The smallest absolute Gasteiger partial charge is 0.242 e. The Labute approximate surface area is 53.5 Å². The van der Waals surface area contributed by atoms with Gasteiger partial charge in [-0.3, -0.25) is 0 Å². The van der Waals surface area contributed by atoms with Gasteiger partial charge in [-0.05, 0) is 12.8 Å². The SMILES string of the molecule is [O]C(=O)C1=CCC=CC1. The molecule has 0 aliphatic heterocycles. The zero-order chi connectivity index (χ0) is 6.69. The van der Waals surface area contributed by atoms with E-state index in [1.807, 2.05) is 12.2 Å². The number of hydrogen-bond donors (Lipinski definition) is 0. The van der Waals surface area contributed by atoms with Crippen LogP contribution in [0.3, 0.4) is 0 Å². The van der Waals surface area contributed by atoms with E-state index in [-0.39, 0.29) is 0 Å². The van der Waals surface area contributed by atoms with E-state index in [0.717, 1.165) is 6.42 Å². The minimum atomic E-state index is -1.04. The lowest BCUT2D eigenvalue weighted by atomic mass is 10.1. The van der Waals surface area contributed by atoms with Crippen LogP contribution in [0.5, 0.6) is 0 Å². The van der Waals surface area contributed by atoms with Crippen molar-refractivity contribution < 1.29 is 9.90 Å². The molecule has 0 saturated heterocycles. The van der Waals surface area contributed by atoms with Crippen LogP contribution in [0.25, 0.3) is 0 Å². The predicted molar refractivity (Wildman–Crippen MR) is 32.2 cm³/mol. The molecule has 1 aliphatic rings. The second kappa shape index (κ2) is 2.49. The van der Waals surface area contributed by atoms with Gasteiger partial charge in [0.05, 0.1) is 0 Å². The summed E-state index contributed by atoms with van der Waals surface area (Å²) in [6.07, 6.45) is 6.69. The molecule has 0 aromatic rings.